The normalized spacial score (nSPS) is 25.4. The number of sulfone groups is 1. The molecule has 3 rings (SSSR count). The molecule has 1 aromatic carbocycles. The van der Waals surface area contributed by atoms with Gasteiger partial charge >= 0.3 is 0 Å². The van der Waals surface area contributed by atoms with Crippen molar-refractivity contribution in [2.24, 2.45) is 0 Å². The van der Waals surface area contributed by atoms with Gasteiger partial charge in [0.2, 0.25) is 0 Å². The standard InChI is InChI=1S/C14H19NO3S/c16-19(17)7-6-14(10-19)18-13-3-1-2-11(8-13)9-15-12-4-5-12/h1-3,8,12,14-15H,4-7,9-10H2. The summed E-state index contributed by atoms with van der Waals surface area (Å²) in [5, 5.41) is 3.46. The fourth-order valence-electron chi connectivity index (χ4n) is 2.32. The van der Waals surface area contributed by atoms with E-state index in [1.807, 2.05) is 18.2 Å². The molecule has 1 aliphatic carbocycles. The smallest absolute Gasteiger partial charge is 0.154 e. The number of hydrogen-bond acceptors (Lipinski definition) is 4. The first-order chi connectivity index (χ1) is 9.11. The van der Waals surface area contributed by atoms with Gasteiger partial charge in [-0.15, -0.1) is 0 Å². The van der Waals surface area contributed by atoms with Crippen LogP contribution in [-0.4, -0.2) is 32.1 Å². The Morgan fingerprint density at radius 1 is 1.26 bits per heavy atom. The van der Waals surface area contributed by atoms with Crippen LogP contribution < -0.4 is 10.1 Å². The van der Waals surface area contributed by atoms with Gasteiger partial charge in [0.15, 0.2) is 9.84 Å². The summed E-state index contributed by atoms with van der Waals surface area (Å²) in [5.74, 6) is 1.18. The van der Waals surface area contributed by atoms with Crippen molar-refractivity contribution in [1.82, 2.24) is 5.32 Å². The van der Waals surface area contributed by atoms with Crippen molar-refractivity contribution in [3.05, 3.63) is 29.8 Å². The maximum absolute atomic E-state index is 11.4. The molecule has 1 saturated heterocycles. The maximum atomic E-state index is 11.4. The molecule has 2 fully saturated rings. The van der Waals surface area contributed by atoms with Gasteiger partial charge in [-0.3, -0.25) is 0 Å². The van der Waals surface area contributed by atoms with E-state index in [2.05, 4.69) is 11.4 Å². The molecule has 4 nitrogen and oxygen atoms in total. The van der Waals surface area contributed by atoms with E-state index in [1.54, 1.807) is 0 Å². The van der Waals surface area contributed by atoms with E-state index in [1.165, 1.54) is 18.4 Å². The minimum atomic E-state index is -2.88. The van der Waals surface area contributed by atoms with E-state index in [-0.39, 0.29) is 17.6 Å². The van der Waals surface area contributed by atoms with Crippen molar-refractivity contribution in [1.29, 1.82) is 0 Å². The molecule has 1 atom stereocenters. The number of rotatable bonds is 5. The van der Waals surface area contributed by atoms with Crippen molar-refractivity contribution >= 4 is 9.84 Å². The molecule has 1 N–H and O–H groups in total. The van der Waals surface area contributed by atoms with E-state index in [0.29, 0.717) is 12.5 Å². The highest BCUT2D eigenvalue weighted by molar-refractivity contribution is 7.91. The summed E-state index contributed by atoms with van der Waals surface area (Å²) in [6.45, 7) is 0.852. The monoisotopic (exact) mass is 281 g/mol. The lowest BCUT2D eigenvalue weighted by molar-refractivity contribution is 0.228. The van der Waals surface area contributed by atoms with Crippen LogP contribution in [0.15, 0.2) is 24.3 Å². The van der Waals surface area contributed by atoms with Gasteiger partial charge in [0.25, 0.3) is 0 Å². The van der Waals surface area contributed by atoms with Gasteiger partial charge < -0.3 is 10.1 Å². The second-order valence-corrected chi connectivity index (χ2v) is 7.67. The van der Waals surface area contributed by atoms with Gasteiger partial charge in [0.05, 0.1) is 11.5 Å². The Kier molecular flexibility index (Phi) is 3.50. The van der Waals surface area contributed by atoms with Crippen LogP contribution in [0.4, 0.5) is 0 Å². The zero-order valence-electron chi connectivity index (χ0n) is 10.8. The largest absolute Gasteiger partial charge is 0.489 e. The summed E-state index contributed by atoms with van der Waals surface area (Å²) in [4.78, 5) is 0. The first kappa shape index (κ1) is 12.9. The van der Waals surface area contributed by atoms with Gasteiger partial charge in [-0.1, -0.05) is 12.1 Å². The fourth-order valence-corrected chi connectivity index (χ4v) is 3.91. The molecule has 0 amide bonds. The third-order valence-corrected chi connectivity index (χ3v) is 5.30. The quantitative estimate of drug-likeness (QED) is 0.889. The van der Waals surface area contributed by atoms with Gasteiger partial charge in [0, 0.05) is 12.6 Å². The molecule has 2 aliphatic rings. The second-order valence-electron chi connectivity index (χ2n) is 5.45. The Labute approximate surface area is 114 Å². The van der Waals surface area contributed by atoms with Crippen molar-refractivity contribution in [2.45, 2.75) is 38.0 Å². The Morgan fingerprint density at radius 3 is 2.79 bits per heavy atom. The van der Waals surface area contributed by atoms with Gasteiger partial charge in [-0.05, 0) is 37.0 Å². The highest BCUT2D eigenvalue weighted by Crippen LogP contribution is 2.22. The van der Waals surface area contributed by atoms with Crippen LogP contribution in [-0.2, 0) is 16.4 Å². The second kappa shape index (κ2) is 5.13. The Bertz CT molecular complexity index is 552. The van der Waals surface area contributed by atoms with E-state index in [0.717, 1.165) is 12.3 Å². The maximum Gasteiger partial charge on any atom is 0.154 e. The highest BCUT2D eigenvalue weighted by Gasteiger charge is 2.29. The third-order valence-electron chi connectivity index (χ3n) is 3.56. The molecule has 5 heteroatoms. The van der Waals surface area contributed by atoms with Crippen molar-refractivity contribution in [3.63, 3.8) is 0 Å². The summed E-state index contributed by atoms with van der Waals surface area (Å²) >= 11 is 0. The van der Waals surface area contributed by atoms with Crippen LogP contribution in [0.5, 0.6) is 5.75 Å². The number of ether oxygens (including phenoxy) is 1. The molecular weight excluding hydrogens is 262 g/mol. The minimum absolute atomic E-state index is 0.150. The topological polar surface area (TPSA) is 55.4 Å². The van der Waals surface area contributed by atoms with Gasteiger partial charge in [-0.2, -0.15) is 0 Å². The molecule has 0 radical (unpaired) electrons. The Morgan fingerprint density at radius 2 is 2.11 bits per heavy atom. The van der Waals surface area contributed by atoms with Crippen LogP contribution in [0.2, 0.25) is 0 Å². The zero-order valence-corrected chi connectivity index (χ0v) is 11.7. The van der Waals surface area contributed by atoms with Crippen molar-refractivity contribution in [2.75, 3.05) is 11.5 Å². The zero-order chi connectivity index (χ0) is 13.3. The fraction of sp³-hybridized carbons (Fsp3) is 0.571. The van der Waals surface area contributed by atoms with Crippen LogP contribution in [0.3, 0.4) is 0 Å². The molecule has 1 saturated carbocycles. The Balaban J connectivity index is 1.59. The molecule has 0 aromatic heterocycles. The predicted octanol–water partition coefficient (Wildman–Crippen LogP) is 1.50. The van der Waals surface area contributed by atoms with E-state index < -0.39 is 9.84 Å². The SMILES string of the molecule is O=S1(=O)CCC(Oc2cccc(CNC3CC3)c2)C1. The average molecular weight is 281 g/mol. The van der Waals surface area contributed by atoms with E-state index in [4.69, 9.17) is 4.74 Å². The number of nitrogens with one attached hydrogen (secondary N) is 1. The molecule has 19 heavy (non-hydrogen) atoms. The van der Waals surface area contributed by atoms with Gasteiger partial charge in [-0.25, -0.2) is 8.42 Å². The lowest BCUT2D eigenvalue weighted by atomic mass is 10.2. The summed E-state index contributed by atoms with van der Waals surface area (Å²) in [6.07, 6.45) is 2.97. The van der Waals surface area contributed by atoms with Crippen LogP contribution in [0, 0.1) is 0 Å². The molecule has 0 bridgehead atoms. The predicted molar refractivity (Wildman–Crippen MR) is 74.0 cm³/mol. The Hall–Kier alpha value is -1.07. The first-order valence-corrected chi connectivity index (χ1v) is 8.62. The van der Waals surface area contributed by atoms with Crippen LogP contribution >= 0.6 is 0 Å². The van der Waals surface area contributed by atoms with Gasteiger partial charge in [0.1, 0.15) is 11.9 Å². The summed E-state index contributed by atoms with van der Waals surface area (Å²) in [6, 6.07) is 8.60. The molecule has 1 unspecified atom stereocenters. The lowest BCUT2D eigenvalue weighted by Gasteiger charge is -2.13. The molecule has 1 heterocycles. The first-order valence-electron chi connectivity index (χ1n) is 6.80. The summed E-state index contributed by atoms with van der Waals surface area (Å²) < 4.78 is 28.6. The summed E-state index contributed by atoms with van der Waals surface area (Å²) in [7, 11) is -2.88. The molecule has 0 spiro atoms. The van der Waals surface area contributed by atoms with Crippen LogP contribution in [0.1, 0.15) is 24.8 Å². The number of benzene rings is 1. The molecule has 1 aliphatic heterocycles. The lowest BCUT2D eigenvalue weighted by Crippen LogP contribution is -2.18. The summed E-state index contributed by atoms with van der Waals surface area (Å²) in [5.41, 5.74) is 1.19. The molecule has 1 aromatic rings. The van der Waals surface area contributed by atoms with Crippen molar-refractivity contribution in [3.8, 4) is 5.75 Å². The van der Waals surface area contributed by atoms with Crippen molar-refractivity contribution < 1.29 is 13.2 Å². The molecular formula is C14H19NO3S. The third kappa shape index (κ3) is 3.70. The van der Waals surface area contributed by atoms with E-state index >= 15 is 0 Å². The molecule has 104 valence electrons. The average Bonchev–Trinajstić information content (AvgIpc) is 3.13. The number of hydrogen-bond donors (Lipinski definition) is 1. The van der Waals surface area contributed by atoms with E-state index in [9.17, 15) is 8.42 Å². The minimum Gasteiger partial charge on any atom is -0.489 e. The highest BCUT2D eigenvalue weighted by atomic mass is 32.2. The van der Waals surface area contributed by atoms with Crippen LogP contribution in [0.25, 0.3) is 0 Å².